The normalized spacial score (nSPS) is 28.7. The molecule has 0 aromatic heterocycles. The van der Waals surface area contributed by atoms with Crippen LogP contribution in [0.2, 0.25) is 0 Å². The van der Waals surface area contributed by atoms with Gasteiger partial charge in [0.2, 0.25) is 0 Å². The number of methoxy groups -OCH3 is 1. The van der Waals surface area contributed by atoms with Gasteiger partial charge in [0.05, 0.1) is 12.7 Å². The van der Waals surface area contributed by atoms with Gasteiger partial charge in [-0.15, -0.1) is 0 Å². The van der Waals surface area contributed by atoms with Crippen molar-refractivity contribution in [3.63, 3.8) is 0 Å². The Balaban J connectivity index is 1.72. The van der Waals surface area contributed by atoms with Gasteiger partial charge >= 0.3 is 0 Å². The van der Waals surface area contributed by atoms with Crippen LogP contribution >= 0.6 is 0 Å². The lowest BCUT2D eigenvalue weighted by molar-refractivity contribution is 0.0649. The number of ether oxygens (including phenoxy) is 1. The van der Waals surface area contributed by atoms with Crippen LogP contribution in [0, 0.1) is 11.8 Å². The van der Waals surface area contributed by atoms with E-state index in [0.717, 1.165) is 18.9 Å². The van der Waals surface area contributed by atoms with Gasteiger partial charge in [0, 0.05) is 12.6 Å². The number of carbonyl (C=O) groups excluding carboxylic acids is 1. The van der Waals surface area contributed by atoms with Crippen molar-refractivity contribution in [2.45, 2.75) is 31.7 Å². The highest BCUT2D eigenvalue weighted by molar-refractivity contribution is 5.97. The second kappa shape index (κ2) is 6.69. The van der Waals surface area contributed by atoms with Crippen LogP contribution in [0.1, 0.15) is 36.0 Å². The largest absolute Gasteiger partial charge is 0.496 e. The lowest BCUT2D eigenvalue weighted by Crippen LogP contribution is -2.52. The van der Waals surface area contributed by atoms with Crippen molar-refractivity contribution in [2.24, 2.45) is 11.8 Å². The van der Waals surface area contributed by atoms with Gasteiger partial charge in [-0.2, -0.15) is 0 Å². The lowest BCUT2D eigenvalue weighted by Gasteiger charge is -2.44. The molecule has 1 saturated carbocycles. The molecule has 0 bridgehead atoms. The minimum Gasteiger partial charge on any atom is -0.496 e. The molecule has 2 aliphatic rings. The van der Waals surface area contributed by atoms with Crippen molar-refractivity contribution in [3.05, 3.63) is 29.8 Å². The first-order chi connectivity index (χ1) is 10.7. The predicted octanol–water partition coefficient (Wildman–Crippen LogP) is 2.55. The molecule has 2 fully saturated rings. The van der Waals surface area contributed by atoms with Gasteiger partial charge in [-0.25, -0.2) is 0 Å². The summed E-state index contributed by atoms with van der Waals surface area (Å²) in [6.45, 7) is 2.29. The first-order valence-electron chi connectivity index (χ1n) is 8.31. The number of hydrogen-bond donors (Lipinski definition) is 1. The zero-order chi connectivity index (χ0) is 15.5. The monoisotopic (exact) mass is 302 g/mol. The number of rotatable bonds is 3. The number of likely N-dealkylation sites (tertiary alicyclic amines) is 1. The number of para-hydroxylation sites is 1. The van der Waals surface area contributed by atoms with E-state index in [1.165, 1.54) is 25.8 Å². The average molecular weight is 302 g/mol. The molecule has 1 heterocycles. The molecule has 4 heteroatoms. The third-order valence-electron chi connectivity index (χ3n) is 5.28. The Hall–Kier alpha value is -1.55. The Bertz CT molecular complexity index is 532. The van der Waals surface area contributed by atoms with Gasteiger partial charge in [-0.1, -0.05) is 18.6 Å². The van der Waals surface area contributed by atoms with Gasteiger partial charge in [-0.05, 0) is 56.8 Å². The van der Waals surface area contributed by atoms with Gasteiger partial charge in [-0.3, -0.25) is 4.79 Å². The molecule has 3 atom stereocenters. The summed E-state index contributed by atoms with van der Waals surface area (Å²) in [7, 11) is 3.79. The number of hydrogen-bond acceptors (Lipinski definition) is 3. The van der Waals surface area contributed by atoms with Crippen molar-refractivity contribution in [3.8, 4) is 5.75 Å². The fourth-order valence-electron chi connectivity index (χ4n) is 4.09. The van der Waals surface area contributed by atoms with Crippen LogP contribution in [-0.2, 0) is 0 Å². The van der Waals surface area contributed by atoms with E-state index in [-0.39, 0.29) is 5.91 Å². The summed E-state index contributed by atoms with van der Waals surface area (Å²) in [6, 6.07) is 7.74. The van der Waals surface area contributed by atoms with Gasteiger partial charge < -0.3 is 15.0 Å². The van der Waals surface area contributed by atoms with Gasteiger partial charge in [0.1, 0.15) is 5.75 Å². The molecule has 1 aromatic rings. The maximum atomic E-state index is 12.6. The van der Waals surface area contributed by atoms with Crippen molar-refractivity contribution in [1.82, 2.24) is 10.2 Å². The number of nitrogens with one attached hydrogen (secondary N) is 1. The Morgan fingerprint density at radius 2 is 2.09 bits per heavy atom. The Morgan fingerprint density at radius 3 is 2.91 bits per heavy atom. The third-order valence-corrected chi connectivity index (χ3v) is 5.28. The molecule has 1 aliphatic carbocycles. The first kappa shape index (κ1) is 15.3. The lowest BCUT2D eigenvalue weighted by atomic mass is 9.72. The maximum Gasteiger partial charge on any atom is 0.255 e. The van der Waals surface area contributed by atoms with Crippen LogP contribution in [0.25, 0.3) is 0 Å². The van der Waals surface area contributed by atoms with E-state index < -0.39 is 0 Å². The van der Waals surface area contributed by atoms with Crippen molar-refractivity contribution >= 4 is 5.91 Å². The molecule has 120 valence electrons. The molecule has 3 rings (SSSR count). The van der Waals surface area contributed by atoms with Crippen LogP contribution in [0.5, 0.6) is 5.75 Å². The van der Waals surface area contributed by atoms with E-state index in [9.17, 15) is 4.79 Å². The quantitative estimate of drug-likeness (QED) is 0.933. The Kier molecular flexibility index (Phi) is 4.67. The summed E-state index contributed by atoms with van der Waals surface area (Å²) >= 11 is 0. The number of piperidine rings is 1. The summed E-state index contributed by atoms with van der Waals surface area (Å²) in [5.74, 6) is 2.00. The van der Waals surface area contributed by atoms with Gasteiger partial charge in [0.25, 0.3) is 5.91 Å². The topological polar surface area (TPSA) is 41.6 Å². The first-order valence-corrected chi connectivity index (χ1v) is 8.31. The summed E-state index contributed by atoms with van der Waals surface area (Å²) < 4.78 is 5.31. The van der Waals surface area contributed by atoms with Crippen LogP contribution in [0.15, 0.2) is 24.3 Å². The SMILES string of the molecule is COc1ccccc1C(=O)N[C@@H]1CCC[C@@H]2CCN(C)C[C@@H]21. The molecule has 1 saturated heterocycles. The molecule has 0 spiro atoms. The Morgan fingerprint density at radius 1 is 1.27 bits per heavy atom. The zero-order valence-electron chi connectivity index (χ0n) is 13.5. The number of fused-ring (bicyclic) bond motifs is 1. The Labute approximate surface area is 132 Å². The zero-order valence-corrected chi connectivity index (χ0v) is 13.5. The van der Waals surface area contributed by atoms with Crippen LogP contribution in [-0.4, -0.2) is 44.1 Å². The second-order valence-electron chi connectivity index (χ2n) is 6.69. The van der Waals surface area contributed by atoms with Gasteiger partial charge in [0.15, 0.2) is 0 Å². The summed E-state index contributed by atoms with van der Waals surface area (Å²) in [5, 5.41) is 3.28. The van der Waals surface area contributed by atoms with Crippen molar-refractivity contribution in [1.29, 1.82) is 0 Å². The molecule has 1 amide bonds. The summed E-state index contributed by atoms with van der Waals surface area (Å²) in [5.41, 5.74) is 0.635. The fourth-order valence-corrected chi connectivity index (χ4v) is 4.09. The summed E-state index contributed by atoms with van der Waals surface area (Å²) in [4.78, 5) is 15.0. The predicted molar refractivity (Wildman–Crippen MR) is 87.2 cm³/mol. The van der Waals surface area contributed by atoms with Crippen molar-refractivity contribution in [2.75, 3.05) is 27.2 Å². The molecule has 1 aromatic carbocycles. The maximum absolute atomic E-state index is 12.6. The molecule has 22 heavy (non-hydrogen) atoms. The highest BCUT2D eigenvalue weighted by Crippen LogP contribution is 2.36. The highest BCUT2D eigenvalue weighted by Gasteiger charge is 2.37. The number of carbonyl (C=O) groups is 1. The highest BCUT2D eigenvalue weighted by atomic mass is 16.5. The molecule has 1 N–H and O–H groups in total. The minimum absolute atomic E-state index is 0.00340. The van der Waals surface area contributed by atoms with Crippen LogP contribution in [0.4, 0.5) is 0 Å². The van der Waals surface area contributed by atoms with E-state index in [2.05, 4.69) is 17.3 Å². The van der Waals surface area contributed by atoms with E-state index in [0.29, 0.717) is 23.3 Å². The minimum atomic E-state index is -0.00340. The second-order valence-corrected chi connectivity index (χ2v) is 6.69. The smallest absolute Gasteiger partial charge is 0.255 e. The molecule has 4 nitrogen and oxygen atoms in total. The van der Waals surface area contributed by atoms with E-state index in [1.54, 1.807) is 7.11 Å². The van der Waals surface area contributed by atoms with E-state index >= 15 is 0 Å². The number of nitrogens with zero attached hydrogens (tertiary/aromatic N) is 1. The number of amides is 1. The summed E-state index contributed by atoms with van der Waals surface area (Å²) in [6.07, 6.45) is 4.90. The molecule has 0 unspecified atom stereocenters. The fraction of sp³-hybridized carbons (Fsp3) is 0.611. The molecular formula is C18H26N2O2. The number of benzene rings is 1. The average Bonchev–Trinajstić information content (AvgIpc) is 2.55. The molecular weight excluding hydrogens is 276 g/mol. The third kappa shape index (κ3) is 3.12. The molecule has 1 aliphatic heterocycles. The van der Waals surface area contributed by atoms with E-state index in [1.807, 2.05) is 24.3 Å². The molecule has 0 radical (unpaired) electrons. The van der Waals surface area contributed by atoms with E-state index in [4.69, 9.17) is 4.74 Å². The standard InChI is InChI=1S/C18H26N2O2/c1-20-11-10-13-6-5-8-16(15(13)12-20)19-18(21)14-7-3-4-9-17(14)22-2/h3-4,7,9,13,15-16H,5-6,8,10-12H2,1-2H3,(H,19,21)/t13-,15+,16-/m1/s1. The van der Waals surface area contributed by atoms with Crippen LogP contribution in [0.3, 0.4) is 0 Å². The van der Waals surface area contributed by atoms with Crippen molar-refractivity contribution < 1.29 is 9.53 Å². The van der Waals surface area contributed by atoms with Crippen LogP contribution < -0.4 is 10.1 Å².